The molecule has 7 heteroatoms. The van der Waals surface area contributed by atoms with E-state index in [0.717, 1.165) is 21.2 Å². The molecule has 1 saturated heterocycles. The Balaban J connectivity index is 1.44. The molecule has 4 rings (SSSR count). The van der Waals surface area contributed by atoms with Crippen LogP contribution in [0.5, 0.6) is 0 Å². The number of carbonyl (C=O) groups excluding carboxylic acids is 3. The third-order valence-corrected chi connectivity index (χ3v) is 6.95. The van der Waals surface area contributed by atoms with E-state index in [1.807, 2.05) is 18.2 Å². The van der Waals surface area contributed by atoms with Gasteiger partial charge in [-0.05, 0) is 74.1 Å². The summed E-state index contributed by atoms with van der Waals surface area (Å²) in [4.78, 5) is 39.5. The molecule has 2 aromatic carbocycles. The quantitative estimate of drug-likeness (QED) is 0.366. The Morgan fingerprint density at radius 1 is 1.06 bits per heavy atom. The molecule has 0 spiro atoms. The van der Waals surface area contributed by atoms with Crippen LogP contribution in [0.15, 0.2) is 40.9 Å². The van der Waals surface area contributed by atoms with Crippen LogP contribution < -0.4 is 0 Å². The standard InChI is InChI=1S/C27H30BrNO5/c1-26(2,3)34-25(32)29-12-6-7-22(29)24(31)33-15-23(30)16-8-10-18-19-11-9-17(28)14-21(19)27(4,5)20(18)13-16/h8-11,13-14,22H,6-7,12,15H2,1-5H3/t22-/m0/s1. The average Bonchev–Trinajstić information content (AvgIpc) is 3.33. The van der Waals surface area contributed by atoms with E-state index in [0.29, 0.717) is 24.9 Å². The minimum atomic E-state index is -0.727. The first kappa shape index (κ1) is 24.5. The van der Waals surface area contributed by atoms with Crippen LogP contribution in [-0.4, -0.2) is 47.5 Å². The molecule has 0 aromatic heterocycles. The lowest BCUT2D eigenvalue weighted by Gasteiger charge is -2.27. The van der Waals surface area contributed by atoms with Gasteiger partial charge >= 0.3 is 12.1 Å². The summed E-state index contributed by atoms with van der Waals surface area (Å²) < 4.78 is 11.8. The van der Waals surface area contributed by atoms with Crippen LogP contribution in [-0.2, 0) is 19.7 Å². The first-order valence-corrected chi connectivity index (χ1v) is 12.3. The number of hydrogen-bond donors (Lipinski definition) is 0. The first-order valence-electron chi connectivity index (χ1n) is 11.5. The number of halogens is 1. The summed E-state index contributed by atoms with van der Waals surface area (Å²) >= 11 is 3.55. The first-order chi connectivity index (χ1) is 15.9. The summed E-state index contributed by atoms with van der Waals surface area (Å²) in [6.07, 6.45) is 0.641. The molecule has 0 N–H and O–H groups in total. The molecule has 34 heavy (non-hydrogen) atoms. The topological polar surface area (TPSA) is 72.9 Å². The Labute approximate surface area is 208 Å². The zero-order chi connectivity index (χ0) is 24.8. The molecular formula is C27H30BrNO5. The molecule has 180 valence electrons. The van der Waals surface area contributed by atoms with Crippen molar-refractivity contribution in [1.82, 2.24) is 4.90 Å². The largest absolute Gasteiger partial charge is 0.456 e. The van der Waals surface area contributed by atoms with Gasteiger partial charge in [-0.1, -0.05) is 48.0 Å². The van der Waals surface area contributed by atoms with Gasteiger partial charge in [-0.25, -0.2) is 9.59 Å². The molecule has 2 aromatic rings. The SMILES string of the molecule is CC(C)(C)OC(=O)N1CCC[C@H]1C(=O)OCC(=O)c1ccc2c(c1)C(C)(C)c1cc(Br)ccc1-2. The van der Waals surface area contributed by atoms with Gasteiger partial charge in [0.2, 0.25) is 0 Å². The third-order valence-electron chi connectivity index (χ3n) is 6.46. The maximum atomic E-state index is 12.9. The number of Topliss-reactive ketones (excluding diaryl/α,β-unsaturated/α-hetero) is 1. The van der Waals surface area contributed by atoms with E-state index in [1.165, 1.54) is 10.5 Å². The van der Waals surface area contributed by atoms with Gasteiger partial charge in [0.1, 0.15) is 11.6 Å². The van der Waals surface area contributed by atoms with Crippen molar-refractivity contribution in [3.63, 3.8) is 0 Å². The van der Waals surface area contributed by atoms with Gasteiger partial charge in [-0.2, -0.15) is 0 Å². The second-order valence-electron chi connectivity index (χ2n) is 10.4. The molecule has 1 heterocycles. The molecule has 1 fully saturated rings. The van der Waals surface area contributed by atoms with Crippen LogP contribution in [0.2, 0.25) is 0 Å². The van der Waals surface area contributed by atoms with E-state index in [2.05, 4.69) is 41.9 Å². The molecule has 0 bridgehead atoms. The van der Waals surface area contributed by atoms with E-state index in [-0.39, 0.29) is 17.8 Å². The van der Waals surface area contributed by atoms with Crippen molar-refractivity contribution in [2.24, 2.45) is 0 Å². The van der Waals surface area contributed by atoms with E-state index in [1.54, 1.807) is 26.8 Å². The maximum Gasteiger partial charge on any atom is 0.411 e. The van der Waals surface area contributed by atoms with E-state index in [9.17, 15) is 14.4 Å². The number of amides is 1. The third kappa shape index (κ3) is 4.63. The van der Waals surface area contributed by atoms with E-state index < -0.39 is 23.7 Å². The summed E-state index contributed by atoms with van der Waals surface area (Å²) in [5.74, 6) is -0.846. The van der Waals surface area contributed by atoms with Crippen molar-refractivity contribution in [3.8, 4) is 11.1 Å². The Hall–Kier alpha value is -2.67. The number of ketones is 1. The van der Waals surface area contributed by atoms with Crippen molar-refractivity contribution in [3.05, 3.63) is 57.6 Å². The van der Waals surface area contributed by atoms with Crippen LogP contribution in [0, 0.1) is 0 Å². The average molecular weight is 528 g/mol. The van der Waals surface area contributed by atoms with E-state index >= 15 is 0 Å². The smallest absolute Gasteiger partial charge is 0.411 e. The predicted molar refractivity (Wildman–Crippen MR) is 133 cm³/mol. The number of nitrogens with zero attached hydrogens (tertiary/aromatic N) is 1. The van der Waals surface area contributed by atoms with Gasteiger partial charge in [0.15, 0.2) is 12.4 Å². The molecule has 1 aliphatic heterocycles. The number of ether oxygens (including phenoxy) is 2. The molecule has 0 unspecified atom stereocenters. The highest BCUT2D eigenvalue weighted by molar-refractivity contribution is 9.10. The van der Waals surface area contributed by atoms with Crippen molar-refractivity contribution in [2.45, 2.75) is 64.5 Å². The molecule has 6 nitrogen and oxygen atoms in total. The second-order valence-corrected chi connectivity index (χ2v) is 11.4. The van der Waals surface area contributed by atoms with Gasteiger partial charge in [-0.3, -0.25) is 9.69 Å². The number of benzene rings is 2. The Morgan fingerprint density at radius 3 is 2.38 bits per heavy atom. The van der Waals surface area contributed by atoms with Gasteiger partial charge in [-0.15, -0.1) is 0 Å². The fourth-order valence-electron chi connectivity index (χ4n) is 4.75. The van der Waals surface area contributed by atoms with Crippen LogP contribution >= 0.6 is 15.9 Å². The number of esters is 1. The van der Waals surface area contributed by atoms with Crippen molar-refractivity contribution in [1.29, 1.82) is 0 Å². The molecule has 1 atom stereocenters. The normalized spacial score (nSPS) is 18.3. The van der Waals surface area contributed by atoms with E-state index in [4.69, 9.17) is 9.47 Å². The fourth-order valence-corrected chi connectivity index (χ4v) is 5.11. The number of fused-ring (bicyclic) bond motifs is 3. The lowest BCUT2D eigenvalue weighted by molar-refractivity contribution is -0.147. The molecule has 2 aliphatic rings. The molecule has 1 amide bonds. The minimum Gasteiger partial charge on any atom is -0.456 e. The zero-order valence-electron chi connectivity index (χ0n) is 20.2. The second kappa shape index (κ2) is 8.84. The van der Waals surface area contributed by atoms with Crippen molar-refractivity contribution >= 4 is 33.8 Å². The predicted octanol–water partition coefficient (Wildman–Crippen LogP) is 5.88. The van der Waals surface area contributed by atoms with Gasteiger partial charge in [0.25, 0.3) is 0 Å². The summed E-state index contributed by atoms with van der Waals surface area (Å²) in [6, 6.07) is 11.2. The number of rotatable bonds is 4. The Bertz CT molecular complexity index is 1160. The van der Waals surface area contributed by atoms with Gasteiger partial charge in [0, 0.05) is 22.0 Å². The highest BCUT2D eigenvalue weighted by Gasteiger charge is 2.38. The van der Waals surface area contributed by atoms with Crippen LogP contribution in [0.3, 0.4) is 0 Å². The van der Waals surface area contributed by atoms with Crippen molar-refractivity contribution in [2.75, 3.05) is 13.2 Å². The molecule has 0 radical (unpaired) electrons. The minimum absolute atomic E-state index is 0.251. The molecule has 0 saturated carbocycles. The fraction of sp³-hybridized carbons (Fsp3) is 0.444. The van der Waals surface area contributed by atoms with Crippen molar-refractivity contribution < 1.29 is 23.9 Å². The summed E-state index contributed by atoms with van der Waals surface area (Å²) in [7, 11) is 0. The van der Waals surface area contributed by atoms with Crippen LogP contribution in [0.4, 0.5) is 4.79 Å². The highest BCUT2D eigenvalue weighted by atomic mass is 79.9. The van der Waals surface area contributed by atoms with Crippen LogP contribution in [0.25, 0.3) is 11.1 Å². The molecule has 1 aliphatic carbocycles. The summed E-state index contributed by atoms with van der Waals surface area (Å²) in [6.45, 7) is 9.69. The highest BCUT2D eigenvalue weighted by Crippen LogP contribution is 2.49. The monoisotopic (exact) mass is 527 g/mol. The Morgan fingerprint density at radius 2 is 1.71 bits per heavy atom. The summed E-state index contributed by atoms with van der Waals surface area (Å²) in [5, 5.41) is 0. The lowest BCUT2D eigenvalue weighted by atomic mass is 9.82. The Kier molecular flexibility index (Phi) is 6.36. The van der Waals surface area contributed by atoms with Crippen LogP contribution in [0.1, 0.15) is 68.9 Å². The lowest BCUT2D eigenvalue weighted by Crippen LogP contribution is -2.44. The maximum absolute atomic E-state index is 12.9. The number of likely N-dealkylation sites (tertiary alicyclic amines) is 1. The number of hydrogen-bond acceptors (Lipinski definition) is 5. The van der Waals surface area contributed by atoms with Gasteiger partial charge in [0.05, 0.1) is 0 Å². The van der Waals surface area contributed by atoms with Gasteiger partial charge < -0.3 is 9.47 Å². The zero-order valence-corrected chi connectivity index (χ0v) is 21.8. The molecular weight excluding hydrogens is 498 g/mol. The number of carbonyl (C=O) groups is 3. The summed E-state index contributed by atoms with van der Waals surface area (Å²) in [5.41, 5.74) is 4.15.